The number of benzene rings is 1. The first kappa shape index (κ1) is 12.7. The summed E-state index contributed by atoms with van der Waals surface area (Å²) in [5.74, 6) is 4.45. The molecule has 1 aromatic carbocycles. The lowest BCUT2D eigenvalue weighted by Gasteiger charge is -2.01. The fraction of sp³-hybridized carbons (Fsp3) is 0.286. The predicted octanol–water partition coefficient (Wildman–Crippen LogP) is 4.70. The van der Waals surface area contributed by atoms with Crippen molar-refractivity contribution in [1.29, 1.82) is 0 Å². The van der Waals surface area contributed by atoms with Gasteiger partial charge in [0, 0.05) is 4.90 Å². The second-order valence-corrected chi connectivity index (χ2v) is 5.92. The Morgan fingerprint density at radius 2 is 1.82 bits per heavy atom. The van der Waals surface area contributed by atoms with Crippen molar-refractivity contribution >= 4 is 23.5 Å². The summed E-state index contributed by atoms with van der Waals surface area (Å²) in [5, 5.41) is 0. The molecule has 1 nitrogen and oxygen atoms in total. The van der Waals surface area contributed by atoms with Crippen LogP contribution in [-0.4, -0.2) is 11.5 Å². The standard InChI is InChI=1S/C14H16OS2/c1-2-7-14(8-3-1)17-11-5-10-16-12-13-6-4-9-15-13/h1-4,6-9H,5,10-12H2. The number of hydrogen-bond donors (Lipinski definition) is 0. The Balaban J connectivity index is 1.52. The minimum Gasteiger partial charge on any atom is -0.468 e. The molecule has 0 aliphatic heterocycles. The molecule has 0 saturated heterocycles. The topological polar surface area (TPSA) is 13.1 Å². The van der Waals surface area contributed by atoms with Crippen molar-refractivity contribution in [1.82, 2.24) is 0 Å². The first-order valence-corrected chi connectivity index (χ1v) is 7.87. The van der Waals surface area contributed by atoms with Crippen molar-refractivity contribution in [3.05, 3.63) is 54.5 Å². The summed E-state index contributed by atoms with van der Waals surface area (Å²) in [5.41, 5.74) is 0. The Hall–Kier alpha value is -0.800. The minimum atomic E-state index is 0.989. The average Bonchev–Trinajstić information content (AvgIpc) is 2.88. The molecule has 0 N–H and O–H groups in total. The van der Waals surface area contributed by atoms with Gasteiger partial charge in [-0.2, -0.15) is 11.8 Å². The lowest BCUT2D eigenvalue weighted by Crippen LogP contribution is -1.85. The molecule has 0 spiro atoms. The zero-order valence-electron chi connectivity index (χ0n) is 9.67. The summed E-state index contributed by atoms with van der Waals surface area (Å²) in [6, 6.07) is 14.6. The van der Waals surface area contributed by atoms with Crippen molar-refractivity contribution < 1.29 is 4.42 Å². The van der Waals surface area contributed by atoms with E-state index in [-0.39, 0.29) is 0 Å². The van der Waals surface area contributed by atoms with E-state index >= 15 is 0 Å². The molecule has 2 aromatic rings. The van der Waals surface area contributed by atoms with Crippen LogP contribution in [-0.2, 0) is 5.75 Å². The average molecular weight is 264 g/mol. The monoisotopic (exact) mass is 264 g/mol. The van der Waals surface area contributed by atoms with Gasteiger partial charge in [-0.25, -0.2) is 0 Å². The molecule has 0 unspecified atom stereocenters. The molecule has 1 heterocycles. The molecular weight excluding hydrogens is 248 g/mol. The van der Waals surface area contributed by atoms with E-state index in [0.717, 1.165) is 11.5 Å². The Kier molecular flexibility index (Phi) is 5.59. The van der Waals surface area contributed by atoms with Gasteiger partial charge in [0.15, 0.2) is 0 Å². The van der Waals surface area contributed by atoms with Gasteiger partial charge in [0.25, 0.3) is 0 Å². The van der Waals surface area contributed by atoms with Crippen LogP contribution in [0, 0.1) is 0 Å². The second kappa shape index (κ2) is 7.51. The van der Waals surface area contributed by atoms with E-state index in [9.17, 15) is 0 Å². The molecule has 0 fully saturated rings. The molecule has 3 heteroatoms. The summed E-state index contributed by atoms with van der Waals surface area (Å²) in [6.45, 7) is 0. The van der Waals surface area contributed by atoms with Crippen LogP contribution in [0.2, 0.25) is 0 Å². The normalized spacial score (nSPS) is 10.6. The highest BCUT2D eigenvalue weighted by Gasteiger charge is 1.96. The summed E-state index contributed by atoms with van der Waals surface area (Å²) < 4.78 is 5.28. The van der Waals surface area contributed by atoms with Gasteiger partial charge in [-0.1, -0.05) is 18.2 Å². The van der Waals surface area contributed by atoms with Gasteiger partial charge in [-0.15, -0.1) is 11.8 Å². The quantitative estimate of drug-likeness (QED) is 0.532. The predicted molar refractivity (Wildman–Crippen MR) is 76.7 cm³/mol. The maximum atomic E-state index is 5.28. The first-order valence-electron chi connectivity index (χ1n) is 5.73. The maximum absolute atomic E-state index is 5.28. The summed E-state index contributed by atoms with van der Waals surface area (Å²) >= 11 is 3.87. The van der Waals surface area contributed by atoms with Crippen LogP contribution >= 0.6 is 23.5 Å². The number of furan rings is 1. The first-order chi connectivity index (χ1) is 8.45. The molecule has 0 radical (unpaired) electrons. The van der Waals surface area contributed by atoms with Gasteiger partial charge in [0.05, 0.1) is 12.0 Å². The highest BCUT2D eigenvalue weighted by molar-refractivity contribution is 7.99. The molecule has 17 heavy (non-hydrogen) atoms. The number of rotatable bonds is 7. The summed E-state index contributed by atoms with van der Waals surface area (Å²) in [4.78, 5) is 1.36. The Labute approximate surface area is 111 Å². The van der Waals surface area contributed by atoms with Crippen LogP contribution in [0.25, 0.3) is 0 Å². The third kappa shape index (κ3) is 4.92. The van der Waals surface area contributed by atoms with Crippen molar-refractivity contribution in [3.8, 4) is 0 Å². The van der Waals surface area contributed by atoms with E-state index in [0.29, 0.717) is 0 Å². The highest BCUT2D eigenvalue weighted by atomic mass is 32.2. The van der Waals surface area contributed by atoms with Crippen LogP contribution in [0.3, 0.4) is 0 Å². The largest absolute Gasteiger partial charge is 0.468 e. The smallest absolute Gasteiger partial charge is 0.113 e. The molecule has 0 saturated carbocycles. The SMILES string of the molecule is c1ccc(SCCCSCc2ccco2)cc1. The van der Waals surface area contributed by atoms with Gasteiger partial charge in [-0.05, 0) is 42.2 Å². The van der Waals surface area contributed by atoms with E-state index < -0.39 is 0 Å². The lowest BCUT2D eigenvalue weighted by atomic mass is 10.4. The fourth-order valence-corrected chi connectivity index (χ4v) is 3.35. The third-order valence-electron chi connectivity index (χ3n) is 2.27. The van der Waals surface area contributed by atoms with Gasteiger partial charge in [0.2, 0.25) is 0 Å². The van der Waals surface area contributed by atoms with E-state index in [1.54, 1.807) is 6.26 Å². The Bertz CT molecular complexity index is 397. The number of hydrogen-bond acceptors (Lipinski definition) is 3. The van der Waals surface area contributed by atoms with Crippen LogP contribution in [0.4, 0.5) is 0 Å². The van der Waals surface area contributed by atoms with Crippen LogP contribution in [0.15, 0.2) is 58.0 Å². The molecule has 0 aliphatic rings. The van der Waals surface area contributed by atoms with Gasteiger partial charge in [0.1, 0.15) is 5.76 Å². The van der Waals surface area contributed by atoms with Crippen LogP contribution in [0.5, 0.6) is 0 Å². The third-order valence-corrected chi connectivity index (χ3v) is 4.43. The van der Waals surface area contributed by atoms with E-state index in [1.165, 1.54) is 22.8 Å². The van der Waals surface area contributed by atoms with Crippen LogP contribution < -0.4 is 0 Å². The van der Waals surface area contributed by atoms with Crippen molar-refractivity contribution in [3.63, 3.8) is 0 Å². The van der Waals surface area contributed by atoms with E-state index in [4.69, 9.17) is 4.42 Å². The zero-order chi connectivity index (χ0) is 11.8. The fourth-order valence-electron chi connectivity index (χ4n) is 1.44. The number of thioether (sulfide) groups is 2. The van der Waals surface area contributed by atoms with E-state index in [1.807, 2.05) is 35.7 Å². The lowest BCUT2D eigenvalue weighted by molar-refractivity contribution is 0.530. The van der Waals surface area contributed by atoms with E-state index in [2.05, 4.69) is 30.3 Å². The van der Waals surface area contributed by atoms with Crippen molar-refractivity contribution in [2.75, 3.05) is 11.5 Å². The minimum absolute atomic E-state index is 0.989. The Morgan fingerprint density at radius 1 is 0.941 bits per heavy atom. The highest BCUT2D eigenvalue weighted by Crippen LogP contribution is 2.20. The zero-order valence-corrected chi connectivity index (χ0v) is 11.3. The Morgan fingerprint density at radius 3 is 2.59 bits per heavy atom. The second-order valence-electron chi connectivity index (χ2n) is 3.65. The molecule has 0 bridgehead atoms. The van der Waals surface area contributed by atoms with Crippen LogP contribution in [0.1, 0.15) is 12.2 Å². The molecule has 90 valence electrons. The molecule has 2 rings (SSSR count). The van der Waals surface area contributed by atoms with Gasteiger partial charge >= 0.3 is 0 Å². The molecule has 0 amide bonds. The molecule has 0 aliphatic carbocycles. The summed E-state index contributed by atoms with van der Waals surface area (Å²) in [6.07, 6.45) is 2.98. The molecule has 1 aromatic heterocycles. The molecule has 0 atom stereocenters. The van der Waals surface area contributed by atoms with Gasteiger partial charge in [-0.3, -0.25) is 0 Å². The van der Waals surface area contributed by atoms with Gasteiger partial charge < -0.3 is 4.42 Å². The van der Waals surface area contributed by atoms with Crippen molar-refractivity contribution in [2.45, 2.75) is 17.1 Å². The summed E-state index contributed by atoms with van der Waals surface area (Å²) in [7, 11) is 0. The molecular formula is C14H16OS2. The maximum Gasteiger partial charge on any atom is 0.113 e. The van der Waals surface area contributed by atoms with Crippen molar-refractivity contribution in [2.24, 2.45) is 0 Å².